The van der Waals surface area contributed by atoms with E-state index in [1.807, 2.05) is 30.3 Å². The molecule has 0 fully saturated rings. The Morgan fingerprint density at radius 3 is 2.81 bits per heavy atom. The van der Waals surface area contributed by atoms with Crippen LogP contribution in [0.25, 0.3) is 11.0 Å². The van der Waals surface area contributed by atoms with Gasteiger partial charge in [0.2, 0.25) is 0 Å². The molecule has 1 amide bonds. The summed E-state index contributed by atoms with van der Waals surface area (Å²) in [6.07, 6.45) is 0. The van der Waals surface area contributed by atoms with E-state index in [9.17, 15) is 14.9 Å². The van der Waals surface area contributed by atoms with Gasteiger partial charge in [0.15, 0.2) is 12.4 Å². The van der Waals surface area contributed by atoms with Crippen LogP contribution in [-0.2, 0) is 4.79 Å². The predicted octanol–water partition coefficient (Wildman–Crippen LogP) is 4.25. The lowest BCUT2D eigenvalue weighted by atomic mass is 10.2. The van der Waals surface area contributed by atoms with Gasteiger partial charge in [-0.05, 0) is 31.2 Å². The number of carbonyl (C=O) groups is 1. The smallest absolute Gasteiger partial charge is 0.312 e. The number of para-hydroxylation sites is 1. The van der Waals surface area contributed by atoms with Crippen molar-refractivity contribution in [1.29, 1.82) is 0 Å². The second-order valence-corrected chi connectivity index (χ2v) is 6.07. The van der Waals surface area contributed by atoms with Crippen molar-refractivity contribution in [2.75, 3.05) is 6.61 Å². The molecule has 3 rings (SSSR count). The number of carbonyl (C=O) groups excluding carboxylic acids is 1. The van der Waals surface area contributed by atoms with Gasteiger partial charge in [0.1, 0.15) is 11.3 Å². The molecule has 0 aliphatic heterocycles. The Hall–Kier alpha value is -3.06. The number of halogens is 1. The highest BCUT2D eigenvalue weighted by molar-refractivity contribution is 6.30. The summed E-state index contributed by atoms with van der Waals surface area (Å²) in [4.78, 5) is 22.5. The predicted molar refractivity (Wildman–Crippen MR) is 96.4 cm³/mol. The van der Waals surface area contributed by atoms with E-state index in [0.29, 0.717) is 5.76 Å². The maximum atomic E-state index is 12.1. The van der Waals surface area contributed by atoms with Gasteiger partial charge in [-0.15, -0.1) is 0 Å². The molecular weight excluding hydrogens is 360 g/mol. The second-order valence-electron chi connectivity index (χ2n) is 5.63. The van der Waals surface area contributed by atoms with Gasteiger partial charge < -0.3 is 14.5 Å². The zero-order valence-corrected chi connectivity index (χ0v) is 14.5. The van der Waals surface area contributed by atoms with Crippen molar-refractivity contribution in [3.8, 4) is 5.75 Å². The molecule has 26 heavy (non-hydrogen) atoms. The van der Waals surface area contributed by atoms with Crippen molar-refractivity contribution in [1.82, 2.24) is 5.32 Å². The number of nitrogens with zero attached hydrogens (tertiary/aromatic N) is 1. The van der Waals surface area contributed by atoms with Gasteiger partial charge in [0.05, 0.1) is 11.0 Å². The number of hydrogen-bond donors (Lipinski definition) is 1. The second kappa shape index (κ2) is 7.45. The maximum Gasteiger partial charge on any atom is 0.312 e. The van der Waals surface area contributed by atoms with Gasteiger partial charge >= 0.3 is 5.69 Å². The van der Waals surface area contributed by atoms with Crippen molar-refractivity contribution in [2.24, 2.45) is 0 Å². The topological polar surface area (TPSA) is 94.6 Å². The number of nitrogens with one attached hydrogen (secondary N) is 1. The SMILES string of the molecule is CC(NC(=O)COc1ccc(Cl)cc1[N+](=O)[O-])c1cc2ccccc2o1. The number of furan rings is 1. The van der Waals surface area contributed by atoms with E-state index < -0.39 is 10.8 Å². The molecule has 0 aliphatic carbocycles. The summed E-state index contributed by atoms with van der Waals surface area (Å²) in [5.41, 5.74) is 0.437. The van der Waals surface area contributed by atoms with Gasteiger partial charge in [-0.3, -0.25) is 14.9 Å². The monoisotopic (exact) mass is 374 g/mol. The molecule has 1 aromatic heterocycles. The van der Waals surface area contributed by atoms with Crippen molar-refractivity contribution in [2.45, 2.75) is 13.0 Å². The van der Waals surface area contributed by atoms with Crippen LogP contribution in [-0.4, -0.2) is 17.4 Å². The Balaban J connectivity index is 1.63. The molecule has 8 heteroatoms. The van der Waals surface area contributed by atoms with Crippen LogP contribution in [0.5, 0.6) is 5.75 Å². The maximum absolute atomic E-state index is 12.1. The van der Waals surface area contributed by atoms with Gasteiger partial charge in [-0.2, -0.15) is 0 Å². The minimum Gasteiger partial charge on any atom is -0.477 e. The number of benzene rings is 2. The molecule has 0 saturated carbocycles. The van der Waals surface area contributed by atoms with Crippen LogP contribution in [0.2, 0.25) is 5.02 Å². The van der Waals surface area contributed by atoms with Gasteiger partial charge in [0.25, 0.3) is 5.91 Å². The first-order valence-corrected chi connectivity index (χ1v) is 8.16. The van der Waals surface area contributed by atoms with Crippen LogP contribution in [0.15, 0.2) is 52.9 Å². The standard InChI is InChI=1S/C18H15ClN2O5/c1-11(17-8-12-4-2-3-5-15(12)26-17)20-18(22)10-25-16-7-6-13(19)9-14(16)21(23)24/h2-9,11H,10H2,1H3,(H,20,22). The third kappa shape index (κ3) is 3.94. The van der Waals surface area contributed by atoms with E-state index in [0.717, 1.165) is 11.0 Å². The van der Waals surface area contributed by atoms with Crippen molar-refractivity contribution >= 4 is 34.2 Å². The van der Waals surface area contributed by atoms with E-state index in [2.05, 4.69) is 5.32 Å². The fourth-order valence-corrected chi connectivity index (χ4v) is 2.63. The van der Waals surface area contributed by atoms with Crippen LogP contribution in [0, 0.1) is 10.1 Å². The molecule has 3 aromatic rings. The summed E-state index contributed by atoms with van der Waals surface area (Å²) in [5, 5.41) is 14.9. The summed E-state index contributed by atoms with van der Waals surface area (Å²) < 4.78 is 11.0. The number of nitro groups is 1. The molecule has 7 nitrogen and oxygen atoms in total. The summed E-state index contributed by atoms with van der Waals surface area (Å²) in [5.74, 6) is 0.158. The van der Waals surface area contributed by atoms with Crippen LogP contribution in [0.1, 0.15) is 18.7 Å². The Morgan fingerprint density at radius 1 is 1.31 bits per heavy atom. The number of ether oxygens (including phenoxy) is 1. The first kappa shape index (κ1) is 17.8. The van der Waals surface area contributed by atoms with E-state index in [1.165, 1.54) is 18.2 Å². The van der Waals surface area contributed by atoms with Gasteiger partial charge in [-0.25, -0.2) is 0 Å². The van der Waals surface area contributed by atoms with E-state index in [4.69, 9.17) is 20.8 Å². The highest BCUT2D eigenvalue weighted by Gasteiger charge is 2.18. The normalized spacial score (nSPS) is 11.9. The minimum absolute atomic E-state index is 0.0223. The molecule has 0 bridgehead atoms. The van der Waals surface area contributed by atoms with E-state index >= 15 is 0 Å². The van der Waals surface area contributed by atoms with Crippen molar-refractivity contribution < 1.29 is 18.9 Å². The molecule has 1 atom stereocenters. The zero-order valence-electron chi connectivity index (χ0n) is 13.8. The quantitative estimate of drug-likeness (QED) is 0.514. The summed E-state index contributed by atoms with van der Waals surface area (Å²) >= 11 is 5.74. The third-order valence-corrected chi connectivity index (χ3v) is 3.96. The Bertz CT molecular complexity index is 936. The van der Waals surface area contributed by atoms with Crippen LogP contribution < -0.4 is 10.1 Å². The highest BCUT2D eigenvalue weighted by Crippen LogP contribution is 2.30. The van der Waals surface area contributed by atoms with Crippen LogP contribution in [0.4, 0.5) is 5.69 Å². The number of amides is 1. The molecule has 0 aliphatic rings. The number of fused-ring (bicyclic) bond motifs is 1. The Morgan fingerprint density at radius 2 is 2.08 bits per heavy atom. The average Bonchev–Trinajstić information content (AvgIpc) is 3.05. The number of rotatable bonds is 6. The minimum atomic E-state index is -0.615. The van der Waals surface area contributed by atoms with Gasteiger partial charge in [-0.1, -0.05) is 29.8 Å². The molecule has 1 heterocycles. The first-order chi connectivity index (χ1) is 12.4. The van der Waals surface area contributed by atoms with Crippen molar-refractivity contribution in [3.63, 3.8) is 0 Å². The molecule has 1 N–H and O–H groups in total. The van der Waals surface area contributed by atoms with Crippen LogP contribution in [0.3, 0.4) is 0 Å². The van der Waals surface area contributed by atoms with Crippen molar-refractivity contribution in [3.05, 3.63) is 69.4 Å². The molecular formula is C18H15ClN2O5. The summed E-state index contributed by atoms with van der Waals surface area (Å²) in [6.45, 7) is 1.41. The van der Waals surface area contributed by atoms with E-state index in [1.54, 1.807) is 6.92 Å². The number of hydrogen-bond acceptors (Lipinski definition) is 5. The largest absolute Gasteiger partial charge is 0.477 e. The Kier molecular flexibility index (Phi) is 5.09. The lowest BCUT2D eigenvalue weighted by Crippen LogP contribution is -2.31. The molecule has 134 valence electrons. The molecule has 0 radical (unpaired) electrons. The fourth-order valence-electron chi connectivity index (χ4n) is 2.47. The lowest BCUT2D eigenvalue weighted by molar-refractivity contribution is -0.385. The highest BCUT2D eigenvalue weighted by atomic mass is 35.5. The fraction of sp³-hybridized carbons (Fsp3) is 0.167. The number of nitro benzene ring substituents is 1. The molecule has 0 spiro atoms. The summed E-state index contributed by atoms with van der Waals surface area (Å²) in [7, 11) is 0. The van der Waals surface area contributed by atoms with Crippen LogP contribution >= 0.6 is 11.6 Å². The average molecular weight is 375 g/mol. The molecule has 2 aromatic carbocycles. The first-order valence-electron chi connectivity index (χ1n) is 7.78. The molecule has 1 unspecified atom stereocenters. The summed E-state index contributed by atoms with van der Waals surface area (Å²) in [6, 6.07) is 13.0. The Labute approximate surface area is 153 Å². The lowest BCUT2D eigenvalue weighted by Gasteiger charge is -2.12. The zero-order chi connectivity index (χ0) is 18.7. The third-order valence-electron chi connectivity index (χ3n) is 3.73. The molecule has 0 saturated heterocycles. The van der Waals surface area contributed by atoms with Gasteiger partial charge in [0, 0.05) is 16.5 Å². The van der Waals surface area contributed by atoms with E-state index in [-0.39, 0.29) is 29.1 Å².